The van der Waals surface area contributed by atoms with Gasteiger partial charge in [-0.25, -0.2) is 9.59 Å². The summed E-state index contributed by atoms with van der Waals surface area (Å²) in [7, 11) is 0. The highest BCUT2D eigenvalue weighted by molar-refractivity contribution is 5.74. The van der Waals surface area contributed by atoms with Crippen LogP contribution in [0.25, 0.3) is 0 Å². The number of ether oxygens (including phenoxy) is 2. The number of urea groups is 1. The lowest BCUT2D eigenvalue weighted by molar-refractivity contribution is -0.146. The summed E-state index contributed by atoms with van der Waals surface area (Å²) in [4.78, 5) is 23.9. The molecule has 0 rings (SSSR count). The molecule has 1 atom stereocenters. The van der Waals surface area contributed by atoms with Crippen LogP contribution in [0, 0.1) is 0 Å². The molecule has 0 unspecified atom stereocenters. The largest absolute Gasteiger partial charge is 0.479 e. The van der Waals surface area contributed by atoms with Gasteiger partial charge in [0.2, 0.25) is 0 Å². The first-order valence-electron chi connectivity index (χ1n) is 7.12. The predicted molar refractivity (Wildman–Crippen MR) is 76.2 cm³/mol. The van der Waals surface area contributed by atoms with Crippen LogP contribution in [0.1, 0.15) is 20.3 Å². The third kappa shape index (κ3) is 10.1. The Morgan fingerprint density at radius 3 is 2.10 bits per heavy atom. The van der Waals surface area contributed by atoms with Crippen molar-refractivity contribution < 1.29 is 29.3 Å². The first-order valence-corrected chi connectivity index (χ1v) is 7.12. The first-order chi connectivity index (χ1) is 10.0. The van der Waals surface area contributed by atoms with E-state index >= 15 is 0 Å². The van der Waals surface area contributed by atoms with Gasteiger partial charge in [-0.3, -0.25) is 0 Å². The molecule has 0 aromatic carbocycles. The molecule has 8 heteroatoms. The number of aliphatic hydroxyl groups excluding tert-OH is 1. The Kier molecular flexibility index (Phi) is 11.6. The highest BCUT2D eigenvalue weighted by Crippen LogP contribution is 1.94. The zero-order valence-electron chi connectivity index (χ0n) is 12.7. The molecule has 0 bridgehead atoms. The van der Waals surface area contributed by atoms with Gasteiger partial charge in [0.1, 0.15) is 0 Å². The molecule has 3 N–H and O–H groups in total. The number of carbonyl (C=O) groups is 2. The number of carboxylic acid groups (broad SMARTS) is 1. The molecule has 0 aromatic rings. The summed E-state index contributed by atoms with van der Waals surface area (Å²) in [5.74, 6) is -1.30. The smallest absolute Gasteiger partial charge is 0.332 e. The maximum atomic E-state index is 12.0. The third-order valence-electron chi connectivity index (χ3n) is 2.69. The Morgan fingerprint density at radius 2 is 1.67 bits per heavy atom. The Balaban J connectivity index is 4.12. The van der Waals surface area contributed by atoms with Crippen molar-refractivity contribution in [3.8, 4) is 0 Å². The summed E-state index contributed by atoms with van der Waals surface area (Å²) in [6, 6.07) is -0.327. The van der Waals surface area contributed by atoms with Crippen molar-refractivity contribution in [2.45, 2.75) is 26.4 Å². The number of aliphatic carboxylic acids is 1. The molecule has 0 aromatic heterocycles. The van der Waals surface area contributed by atoms with E-state index in [1.54, 1.807) is 4.90 Å². The monoisotopic (exact) mass is 306 g/mol. The lowest BCUT2D eigenvalue weighted by atomic mass is 10.2. The van der Waals surface area contributed by atoms with Gasteiger partial charge < -0.3 is 29.9 Å². The Bertz CT molecular complexity index is 290. The fraction of sp³-hybridized carbons (Fsp3) is 0.846. The second kappa shape index (κ2) is 12.4. The molecule has 0 aliphatic heterocycles. The average molecular weight is 306 g/mol. The van der Waals surface area contributed by atoms with E-state index in [0.717, 1.165) is 0 Å². The van der Waals surface area contributed by atoms with Crippen molar-refractivity contribution in [3.05, 3.63) is 0 Å². The summed E-state index contributed by atoms with van der Waals surface area (Å²) in [5.41, 5.74) is 0. The molecule has 2 amide bonds. The van der Waals surface area contributed by atoms with Crippen molar-refractivity contribution in [2.24, 2.45) is 0 Å². The van der Waals surface area contributed by atoms with Crippen LogP contribution in [0.4, 0.5) is 4.79 Å². The van der Waals surface area contributed by atoms with E-state index in [1.165, 1.54) is 0 Å². The second-order valence-corrected chi connectivity index (χ2v) is 4.26. The third-order valence-corrected chi connectivity index (χ3v) is 2.69. The zero-order valence-corrected chi connectivity index (χ0v) is 12.7. The molecule has 0 saturated carbocycles. The van der Waals surface area contributed by atoms with Gasteiger partial charge in [-0.1, -0.05) is 0 Å². The van der Waals surface area contributed by atoms with Gasteiger partial charge in [0.15, 0.2) is 6.10 Å². The molecular weight excluding hydrogens is 280 g/mol. The SMILES string of the molecule is CCOCCN(CCOCC)C(=O)NCC[C@H](O)C(=O)O. The Morgan fingerprint density at radius 1 is 1.14 bits per heavy atom. The molecule has 8 nitrogen and oxygen atoms in total. The molecule has 21 heavy (non-hydrogen) atoms. The number of nitrogens with one attached hydrogen (secondary N) is 1. The maximum Gasteiger partial charge on any atom is 0.332 e. The highest BCUT2D eigenvalue weighted by Gasteiger charge is 2.16. The number of carboxylic acids is 1. The standard InChI is InChI=1S/C13H26N2O6/c1-3-20-9-7-15(8-10-21-4-2)13(19)14-6-5-11(16)12(17)18/h11,16H,3-10H2,1-2H3,(H,14,19)(H,17,18)/t11-/m0/s1. The summed E-state index contributed by atoms with van der Waals surface area (Å²) in [5, 5.41) is 20.2. The fourth-order valence-electron chi connectivity index (χ4n) is 1.50. The van der Waals surface area contributed by atoms with Crippen molar-refractivity contribution in [1.29, 1.82) is 0 Å². The number of hydrogen-bond donors (Lipinski definition) is 3. The van der Waals surface area contributed by atoms with Crippen molar-refractivity contribution in [2.75, 3.05) is 46.1 Å². The molecule has 0 spiro atoms. The van der Waals surface area contributed by atoms with Gasteiger partial charge in [-0.2, -0.15) is 0 Å². The number of carbonyl (C=O) groups excluding carboxylic acids is 1. The minimum Gasteiger partial charge on any atom is -0.479 e. The van der Waals surface area contributed by atoms with Gasteiger partial charge in [-0.15, -0.1) is 0 Å². The predicted octanol–water partition coefficient (Wildman–Crippen LogP) is -0.0934. The van der Waals surface area contributed by atoms with E-state index in [1.807, 2.05) is 13.8 Å². The summed E-state index contributed by atoms with van der Waals surface area (Å²) < 4.78 is 10.4. The molecule has 0 radical (unpaired) electrons. The van der Waals surface area contributed by atoms with Crippen LogP contribution in [-0.4, -0.2) is 79.3 Å². The zero-order chi connectivity index (χ0) is 16.1. The fourth-order valence-corrected chi connectivity index (χ4v) is 1.50. The summed E-state index contributed by atoms with van der Waals surface area (Å²) in [6.45, 7) is 6.68. The van der Waals surface area contributed by atoms with E-state index in [-0.39, 0.29) is 19.0 Å². The lowest BCUT2D eigenvalue weighted by Crippen LogP contribution is -2.44. The average Bonchev–Trinajstić information content (AvgIpc) is 2.45. The van der Waals surface area contributed by atoms with E-state index in [0.29, 0.717) is 39.5 Å². The van der Waals surface area contributed by atoms with Crippen LogP contribution in [0.5, 0.6) is 0 Å². The number of hydrogen-bond acceptors (Lipinski definition) is 5. The number of aliphatic hydroxyl groups is 1. The van der Waals surface area contributed by atoms with Crippen molar-refractivity contribution in [1.82, 2.24) is 10.2 Å². The molecule has 0 saturated heterocycles. The molecule has 124 valence electrons. The summed E-state index contributed by atoms with van der Waals surface area (Å²) in [6.07, 6.45) is -1.50. The second-order valence-electron chi connectivity index (χ2n) is 4.26. The van der Waals surface area contributed by atoms with E-state index in [2.05, 4.69) is 5.32 Å². The minimum absolute atomic E-state index is 0.0359. The Labute approximate surface area is 125 Å². The quantitative estimate of drug-likeness (QED) is 0.435. The summed E-state index contributed by atoms with van der Waals surface area (Å²) >= 11 is 0. The number of nitrogens with zero attached hydrogens (tertiary/aromatic N) is 1. The van der Waals surface area contributed by atoms with E-state index in [9.17, 15) is 9.59 Å². The number of amides is 2. The van der Waals surface area contributed by atoms with Gasteiger partial charge in [0, 0.05) is 39.3 Å². The van der Waals surface area contributed by atoms with Crippen molar-refractivity contribution in [3.63, 3.8) is 0 Å². The normalized spacial score (nSPS) is 12.0. The van der Waals surface area contributed by atoms with Gasteiger partial charge in [0.05, 0.1) is 13.2 Å². The highest BCUT2D eigenvalue weighted by atomic mass is 16.5. The van der Waals surface area contributed by atoms with Crippen LogP contribution < -0.4 is 5.32 Å². The lowest BCUT2D eigenvalue weighted by Gasteiger charge is -2.23. The van der Waals surface area contributed by atoms with Gasteiger partial charge in [-0.05, 0) is 13.8 Å². The number of rotatable bonds is 12. The van der Waals surface area contributed by atoms with Crippen molar-refractivity contribution >= 4 is 12.0 Å². The van der Waals surface area contributed by atoms with Crippen LogP contribution in [0.15, 0.2) is 0 Å². The van der Waals surface area contributed by atoms with Crippen LogP contribution in [0.3, 0.4) is 0 Å². The minimum atomic E-state index is -1.47. The molecule has 0 fully saturated rings. The van der Waals surface area contributed by atoms with Crippen LogP contribution >= 0.6 is 0 Å². The first kappa shape index (κ1) is 19.6. The van der Waals surface area contributed by atoms with Crippen LogP contribution in [-0.2, 0) is 14.3 Å². The van der Waals surface area contributed by atoms with E-state index < -0.39 is 12.1 Å². The van der Waals surface area contributed by atoms with Gasteiger partial charge in [0.25, 0.3) is 0 Å². The van der Waals surface area contributed by atoms with E-state index in [4.69, 9.17) is 19.7 Å². The van der Waals surface area contributed by atoms with Crippen LogP contribution in [0.2, 0.25) is 0 Å². The maximum absolute atomic E-state index is 12.0. The topological polar surface area (TPSA) is 108 Å². The van der Waals surface area contributed by atoms with Gasteiger partial charge >= 0.3 is 12.0 Å². The molecule has 0 heterocycles. The molecular formula is C13H26N2O6. The molecule has 0 aliphatic carbocycles. The molecule has 0 aliphatic rings. The Hall–Kier alpha value is -1.38.